The average molecular weight is 421 g/mol. The summed E-state index contributed by atoms with van der Waals surface area (Å²) in [4.78, 5) is 21.0. The van der Waals surface area contributed by atoms with Crippen molar-refractivity contribution < 1.29 is 4.79 Å². The van der Waals surface area contributed by atoms with Gasteiger partial charge in [-0.25, -0.2) is 4.99 Å². The highest BCUT2D eigenvalue weighted by molar-refractivity contribution is 8.06. The summed E-state index contributed by atoms with van der Waals surface area (Å²) in [6.07, 6.45) is 1.95. The first-order chi connectivity index (χ1) is 14.2. The summed E-state index contributed by atoms with van der Waals surface area (Å²) in [5.74, 6) is -0.00839. The summed E-state index contributed by atoms with van der Waals surface area (Å²) in [6, 6.07) is 21.2. The van der Waals surface area contributed by atoms with Gasteiger partial charge >= 0.3 is 0 Å². The zero-order valence-corrected chi connectivity index (χ0v) is 17.7. The first-order valence-electron chi connectivity index (χ1n) is 9.68. The van der Waals surface area contributed by atoms with Gasteiger partial charge in [-0.3, -0.25) is 4.79 Å². The van der Waals surface area contributed by atoms with E-state index in [0.29, 0.717) is 17.1 Å². The number of hydrogen-bond acceptors (Lipinski definition) is 3. The van der Waals surface area contributed by atoms with Crippen LogP contribution in [-0.2, 0) is 0 Å². The Morgan fingerprint density at radius 2 is 1.86 bits per heavy atom. The van der Waals surface area contributed by atoms with E-state index in [9.17, 15) is 4.79 Å². The van der Waals surface area contributed by atoms with Crippen molar-refractivity contribution in [1.29, 1.82) is 0 Å². The molecule has 3 aromatic carbocycles. The molecule has 0 bridgehead atoms. The maximum absolute atomic E-state index is 13.4. The summed E-state index contributed by atoms with van der Waals surface area (Å²) in [5.41, 5.74) is 2.41. The maximum Gasteiger partial charge on any atom is 0.258 e. The van der Waals surface area contributed by atoms with Gasteiger partial charge in [-0.15, -0.1) is 0 Å². The van der Waals surface area contributed by atoms with Crippen LogP contribution in [0.3, 0.4) is 0 Å². The van der Waals surface area contributed by atoms with Crippen molar-refractivity contribution in [3.05, 3.63) is 87.9 Å². The third-order valence-corrected chi connectivity index (χ3v) is 6.02. The molecule has 3 nitrogen and oxygen atoms in total. The second kappa shape index (κ2) is 8.85. The van der Waals surface area contributed by atoms with Crippen LogP contribution in [0.1, 0.15) is 30.1 Å². The largest absolute Gasteiger partial charge is 0.308 e. The number of nitrogens with zero attached hydrogens (tertiary/aromatic N) is 2. The van der Waals surface area contributed by atoms with E-state index >= 15 is 0 Å². The van der Waals surface area contributed by atoms with Crippen LogP contribution >= 0.6 is 23.4 Å². The SMILES string of the molecule is CCCCN(C(=O)c1ccc2c(c1)SC=c1ccccc1=N2)c1ccc(Cl)cc1. The van der Waals surface area contributed by atoms with Gasteiger partial charge in [0.25, 0.3) is 5.91 Å². The Bertz CT molecular complexity index is 1160. The fourth-order valence-corrected chi connectivity index (χ4v) is 4.23. The van der Waals surface area contributed by atoms with Gasteiger partial charge in [0.05, 0.1) is 11.0 Å². The topological polar surface area (TPSA) is 32.7 Å². The highest BCUT2D eigenvalue weighted by Gasteiger charge is 2.19. The molecule has 0 aromatic heterocycles. The molecule has 0 aliphatic carbocycles. The highest BCUT2D eigenvalue weighted by Crippen LogP contribution is 2.33. The molecule has 0 saturated heterocycles. The van der Waals surface area contributed by atoms with E-state index in [4.69, 9.17) is 16.6 Å². The molecule has 0 N–H and O–H groups in total. The average Bonchev–Trinajstić information content (AvgIpc) is 2.93. The van der Waals surface area contributed by atoms with Crippen LogP contribution in [0.15, 0.2) is 76.6 Å². The van der Waals surface area contributed by atoms with Crippen molar-refractivity contribution in [1.82, 2.24) is 0 Å². The summed E-state index contributed by atoms with van der Waals surface area (Å²) >= 11 is 7.63. The quantitative estimate of drug-likeness (QED) is 0.539. The zero-order valence-electron chi connectivity index (χ0n) is 16.1. The van der Waals surface area contributed by atoms with Gasteiger partial charge in [-0.2, -0.15) is 0 Å². The van der Waals surface area contributed by atoms with E-state index in [1.54, 1.807) is 11.8 Å². The lowest BCUT2D eigenvalue weighted by molar-refractivity contribution is 0.0986. The molecule has 29 heavy (non-hydrogen) atoms. The molecule has 0 spiro atoms. The molecule has 4 rings (SSSR count). The Morgan fingerprint density at radius 3 is 2.66 bits per heavy atom. The van der Waals surface area contributed by atoms with Gasteiger partial charge in [0.2, 0.25) is 0 Å². The maximum atomic E-state index is 13.4. The predicted octanol–water partition coefficient (Wildman–Crippen LogP) is 5.58. The number of carbonyl (C=O) groups excluding carboxylic acids is 1. The van der Waals surface area contributed by atoms with E-state index in [2.05, 4.69) is 18.4 Å². The smallest absolute Gasteiger partial charge is 0.258 e. The molecule has 0 atom stereocenters. The van der Waals surface area contributed by atoms with Crippen molar-refractivity contribution >= 4 is 46.1 Å². The van der Waals surface area contributed by atoms with Crippen LogP contribution in [0.4, 0.5) is 11.4 Å². The van der Waals surface area contributed by atoms with Crippen LogP contribution in [0.5, 0.6) is 0 Å². The van der Waals surface area contributed by atoms with E-state index in [0.717, 1.165) is 39.7 Å². The summed E-state index contributed by atoms with van der Waals surface area (Å²) in [5, 5.41) is 4.79. The number of carbonyl (C=O) groups is 1. The van der Waals surface area contributed by atoms with Crippen LogP contribution in [0.2, 0.25) is 5.02 Å². The zero-order chi connectivity index (χ0) is 20.2. The Morgan fingerprint density at radius 1 is 1.07 bits per heavy atom. The van der Waals surface area contributed by atoms with Crippen molar-refractivity contribution in [2.24, 2.45) is 4.99 Å². The number of benzene rings is 3. The highest BCUT2D eigenvalue weighted by atomic mass is 35.5. The number of fused-ring (bicyclic) bond motifs is 2. The van der Waals surface area contributed by atoms with Gasteiger partial charge in [0, 0.05) is 32.9 Å². The third-order valence-electron chi connectivity index (χ3n) is 4.82. The number of thioether (sulfide) groups is 1. The summed E-state index contributed by atoms with van der Waals surface area (Å²) in [7, 11) is 0. The summed E-state index contributed by atoms with van der Waals surface area (Å²) in [6.45, 7) is 2.79. The van der Waals surface area contributed by atoms with E-state index in [1.165, 1.54) is 0 Å². The van der Waals surface area contributed by atoms with E-state index in [1.807, 2.05) is 65.6 Å². The number of unbranched alkanes of at least 4 members (excludes halogenated alkanes) is 1. The Balaban J connectivity index is 1.69. The Kier molecular flexibility index (Phi) is 6.02. The fraction of sp³-hybridized carbons (Fsp3) is 0.167. The fourth-order valence-electron chi connectivity index (χ4n) is 3.22. The molecule has 0 unspecified atom stereocenters. The normalized spacial score (nSPS) is 12.1. The number of anilines is 1. The van der Waals surface area contributed by atoms with E-state index < -0.39 is 0 Å². The predicted molar refractivity (Wildman–Crippen MR) is 122 cm³/mol. The molecular formula is C24H21ClN2OS. The van der Waals surface area contributed by atoms with Crippen LogP contribution < -0.4 is 15.5 Å². The number of para-hydroxylation sites is 1. The number of rotatable bonds is 5. The number of hydrogen-bond donors (Lipinski definition) is 0. The minimum Gasteiger partial charge on any atom is -0.308 e. The number of halogens is 1. The van der Waals surface area contributed by atoms with Crippen LogP contribution in [-0.4, -0.2) is 12.5 Å². The van der Waals surface area contributed by atoms with Crippen LogP contribution in [0.25, 0.3) is 5.41 Å². The Hall–Kier alpha value is -2.56. The van der Waals surface area contributed by atoms with Crippen LogP contribution in [0, 0.1) is 0 Å². The number of amides is 1. The standard InChI is InChI=1S/C24H21ClN2OS/c1-2-3-14-27(20-11-9-19(25)10-12-20)24(28)17-8-13-22-23(15-17)29-16-18-6-4-5-7-21(18)26-22/h4-13,15-16H,2-3,14H2,1H3. The van der Waals surface area contributed by atoms with Crippen molar-refractivity contribution in [3.8, 4) is 0 Å². The third kappa shape index (κ3) is 4.39. The minimum atomic E-state index is -0.00839. The van der Waals surface area contributed by atoms with Crippen molar-refractivity contribution in [2.45, 2.75) is 24.7 Å². The molecule has 0 fully saturated rings. The molecule has 1 aliphatic rings. The lowest BCUT2D eigenvalue weighted by Gasteiger charge is -2.23. The van der Waals surface area contributed by atoms with Gasteiger partial charge in [-0.05, 0) is 60.4 Å². The second-order valence-corrected chi connectivity index (χ2v) is 8.22. The lowest BCUT2D eigenvalue weighted by atomic mass is 10.1. The first kappa shape index (κ1) is 19.7. The van der Waals surface area contributed by atoms with Gasteiger partial charge < -0.3 is 4.90 Å². The molecule has 0 radical (unpaired) electrons. The molecule has 1 heterocycles. The van der Waals surface area contributed by atoms with Crippen molar-refractivity contribution in [3.63, 3.8) is 0 Å². The molecule has 1 aliphatic heterocycles. The van der Waals surface area contributed by atoms with Gasteiger partial charge in [-0.1, -0.05) is 54.9 Å². The lowest BCUT2D eigenvalue weighted by Crippen LogP contribution is -2.31. The monoisotopic (exact) mass is 420 g/mol. The molecule has 146 valence electrons. The summed E-state index contributed by atoms with van der Waals surface area (Å²) < 4.78 is 0. The second-order valence-electron chi connectivity index (χ2n) is 6.88. The van der Waals surface area contributed by atoms with Crippen molar-refractivity contribution in [2.75, 3.05) is 11.4 Å². The molecule has 1 amide bonds. The molecule has 0 saturated carbocycles. The molecule has 5 heteroatoms. The first-order valence-corrected chi connectivity index (χ1v) is 10.9. The van der Waals surface area contributed by atoms with E-state index in [-0.39, 0.29) is 5.91 Å². The molecule has 3 aromatic rings. The van der Waals surface area contributed by atoms with Gasteiger partial charge in [0.1, 0.15) is 0 Å². The minimum absolute atomic E-state index is 0.00839. The van der Waals surface area contributed by atoms with Gasteiger partial charge in [0.15, 0.2) is 0 Å². The molecular weight excluding hydrogens is 400 g/mol. The Labute approximate surface area is 179 Å².